The van der Waals surface area contributed by atoms with Gasteiger partial charge in [-0.1, -0.05) is 15.9 Å². The average molecular weight is 366 g/mol. The van der Waals surface area contributed by atoms with Crippen LogP contribution in [0.1, 0.15) is 25.7 Å². The monoisotopic (exact) mass is 364 g/mol. The second-order valence-electron chi connectivity index (χ2n) is 3.43. The molecule has 0 spiro atoms. The Morgan fingerprint density at radius 2 is 2.00 bits per heavy atom. The molecule has 0 fully saturated rings. The number of alkyl halides is 1. The molecule has 2 rings (SSSR count). The van der Waals surface area contributed by atoms with E-state index in [1.54, 1.807) is 11.3 Å². The third-order valence-electron chi connectivity index (χ3n) is 2.29. The van der Waals surface area contributed by atoms with Crippen LogP contribution in [0.3, 0.4) is 0 Å². The lowest BCUT2D eigenvalue weighted by Crippen LogP contribution is -1.88. The minimum atomic E-state index is 0.332. The summed E-state index contributed by atoms with van der Waals surface area (Å²) in [5.74, 6) is 0. The molecule has 0 bridgehead atoms. The average Bonchev–Trinajstić information content (AvgIpc) is 2.74. The number of rotatable bonds is 2. The van der Waals surface area contributed by atoms with Gasteiger partial charge in [-0.2, -0.15) is 11.3 Å². The fourth-order valence-electron chi connectivity index (χ4n) is 1.39. The highest BCUT2D eigenvalue weighted by Crippen LogP contribution is 2.40. The normalized spacial score (nSPS) is 13.1. The summed E-state index contributed by atoms with van der Waals surface area (Å²) in [7, 11) is 0. The van der Waals surface area contributed by atoms with Crippen LogP contribution in [-0.2, 0) is 0 Å². The summed E-state index contributed by atoms with van der Waals surface area (Å²) in [6.45, 7) is 4.30. The Kier molecular flexibility index (Phi) is 3.71. The third kappa shape index (κ3) is 2.38. The molecule has 4 heteroatoms. The van der Waals surface area contributed by atoms with Crippen LogP contribution in [0.15, 0.2) is 21.3 Å². The van der Waals surface area contributed by atoms with E-state index in [4.69, 9.17) is 0 Å². The quantitative estimate of drug-likeness (QED) is 0.601. The minimum absolute atomic E-state index is 0.332. The first-order valence-electron chi connectivity index (χ1n) is 4.52. The maximum absolute atomic E-state index is 3.77. The zero-order chi connectivity index (χ0) is 11.0. The van der Waals surface area contributed by atoms with Crippen LogP contribution < -0.4 is 0 Å². The predicted octanol–water partition coefficient (Wildman–Crippen LogP) is 5.67. The second-order valence-corrected chi connectivity index (χ2v) is 7.23. The highest BCUT2D eigenvalue weighted by molar-refractivity contribution is 9.10. The molecule has 0 aliphatic heterocycles. The Bertz CT molecular complexity index is 451. The number of hydrogen-bond acceptors (Lipinski definition) is 2. The summed E-state index contributed by atoms with van der Waals surface area (Å²) in [6, 6.07) is 2.20. The Morgan fingerprint density at radius 1 is 1.27 bits per heavy atom. The van der Waals surface area contributed by atoms with Crippen molar-refractivity contribution in [2.45, 2.75) is 18.7 Å². The molecule has 1 unspecified atom stereocenters. The van der Waals surface area contributed by atoms with Crippen molar-refractivity contribution in [3.05, 3.63) is 42.2 Å². The number of thiophene rings is 2. The molecule has 2 aromatic heterocycles. The highest BCUT2D eigenvalue weighted by atomic mass is 79.9. The van der Waals surface area contributed by atoms with Crippen molar-refractivity contribution in [3.63, 3.8) is 0 Å². The summed E-state index contributed by atoms with van der Waals surface area (Å²) in [4.78, 5) is 3.03. The van der Waals surface area contributed by atoms with E-state index < -0.39 is 0 Å². The lowest BCUT2D eigenvalue weighted by Gasteiger charge is -2.06. The summed E-state index contributed by atoms with van der Waals surface area (Å²) < 4.78 is 1.21. The van der Waals surface area contributed by atoms with Crippen molar-refractivity contribution in [2.75, 3.05) is 0 Å². The Labute approximate surface area is 115 Å². The van der Waals surface area contributed by atoms with E-state index in [1.165, 1.54) is 25.4 Å². The van der Waals surface area contributed by atoms with Gasteiger partial charge in [0.25, 0.3) is 0 Å². The minimum Gasteiger partial charge on any atom is -0.152 e. The van der Waals surface area contributed by atoms with Gasteiger partial charge < -0.3 is 0 Å². The molecule has 1 atom stereocenters. The first-order valence-corrected chi connectivity index (χ1v) is 7.99. The van der Waals surface area contributed by atoms with Gasteiger partial charge >= 0.3 is 0 Å². The lowest BCUT2D eigenvalue weighted by atomic mass is 10.1. The van der Waals surface area contributed by atoms with Crippen molar-refractivity contribution >= 4 is 54.5 Å². The molecular weight excluding hydrogens is 356 g/mol. The van der Waals surface area contributed by atoms with Crippen LogP contribution in [-0.4, -0.2) is 0 Å². The van der Waals surface area contributed by atoms with E-state index in [-0.39, 0.29) is 0 Å². The Hall–Kier alpha value is 0.360. The number of aryl methyl sites for hydroxylation is 2. The topological polar surface area (TPSA) is 0 Å². The Morgan fingerprint density at radius 3 is 2.47 bits per heavy atom. The van der Waals surface area contributed by atoms with E-state index in [2.05, 4.69) is 62.5 Å². The Balaban J connectivity index is 2.36. The van der Waals surface area contributed by atoms with Gasteiger partial charge in [-0.15, -0.1) is 11.3 Å². The molecule has 0 aliphatic carbocycles. The zero-order valence-corrected chi connectivity index (χ0v) is 13.2. The van der Waals surface area contributed by atoms with Crippen molar-refractivity contribution < 1.29 is 0 Å². The van der Waals surface area contributed by atoms with Crippen molar-refractivity contribution in [3.8, 4) is 0 Å². The SMILES string of the molecule is Cc1cscc1C(Br)c1cc(Br)c(C)s1. The smallest absolute Gasteiger partial charge is 0.0749 e. The largest absolute Gasteiger partial charge is 0.152 e. The third-order valence-corrected chi connectivity index (χ3v) is 6.66. The van der Waals surface area contributed by atoms with Crippen LogP contribution in [0, 0.1) is 13.8 Å². The van der Waals surface area contributed by atoms with E-state index in [0.717, 1.165) is 0 Å². The van der Waals surface area contributed by atoms with Crippen molar-refractivity contribution in [1.29, 1.82) is 0 Å². The molecule has 2 aromatic rings. The summed E-state index contributed by atoms with van der Waals surface area (Å²) >= 11 is 10.9. The van der Waals surface area contributed by atoms with Crippen LogP contribution in [0.5, 0.6) is 0 Å². The molecule has 0 saturated heterocycles. The van der Waals surface area contributed by atoms with Crippen molar-refractivity contribution in [1.82, 2.24) is 0 Å². The fourth-order valence-corrected chi connectivity index (χ4v) is 4.91. The molecule has 0 nitrogen and oxygen atoms in total. The molecule has 0 amide bonds. The van der Waals surface area contributed by atoms with E-state index in [9.17, 15) is 0 Å². The highest BCUT2D eigenvalue weighted by Gasteiger charge is 2.16. The van der Waals surface area contributed by atoms with E-state index in [1.807, 2.05) is 11.3 Å². The molecule has 80 valence electrons. The standard InChI is InChI=1S/C11H10Br2S2/c1-6-4-14-5-8(6)11(13)10-3-9(12)7(2)15-10/h3-5,11H,1-2H3. The maximum atomic E-state index is 3.77. The van der Waals surface area contributed by atoms with Crippen molar-refractivity contribution in [2.24, 2.45) is 0 Å². The van der Waals surface area contributed by atoms with Gasteiger partial charge in [-0.25, -0.2) is 0 Å². The molecule has 0 saturated carbocycles. The zero-order valence-electron chi connectivity index (χ0n) is 8.38. The first kappa shape index (κ1) is 11.8. The molecular formula is C11H10Br2S2. The van der Waals surface area contributed by atoms with Crippen LogP contribution >= 0.6 is 54.5 Å². The van der Waals surface area contributed by atoms with Gasteiger partial charge in [0.15, 0.2) is 0 Å². The molecule has 0 aliphatic rings. The first-order chi connectivity index (χ1) is 7.09. The molecule has 0 radical (unpaired) electrons. The summed E-state index contributed by atoms with van der Waals surface area (Å²) in [5, 5.41) is 4.41. The van der Waals surface area contributed by atoms with Gasteiger partial charge in [0.2, 0.25) is 0 Å². The summed E-state index contributed by atoms with van der Waals surface area (Å²) in [6.07, 6.45) is 0. The molecule has 0 N–H and O–H groups in total. The maximum Gasteiger partial charge on any atom is 0.0749 e. The molecule has 0 aromatic carbocycles. The van der Waals surface area contributed by atoms with E-state index >= 15 is 0 Å². The van der Waals surface area contributed by atoms with Gasteiger partial charge in [-0.05, 0) is 57.7 Å². The lowest BCUT2D eigenvalue weighted by molar-refractivity contribution is 1.20. The van der Waals surface area contributed by atoms with Gasteiger partial charge in [0, 0.05) is 14.2 Å². The number of hydrogen-bond donors (Lipinski definition) is 0. The van der Waals surface area contributed by atoms with E-state index in [0.29, 0.717) is 4.83 Å². The number of halogens is 2. The predicted molar refractivity (Wildman–Crippen MR) is 76.6 cm³/mol. The molecule has 2 heterocycles. The van der Waals surface area contributed by atoms with Gasteiger partial charge in [0.1, 0.15) is 0 Å². The fraction of sp³-hybridized carbons (Fsp3) is 0.273. The second kappa shape index (κ2) is 4.70. The van der Waals surface area contributed by atoms with Gasteiger partial charge in [0.05, 0.1) is 4.83 Å². The van der Waals surface area contributed by atoms with Gasteiger partial charge in [-0.3, -0.25) is 0 Å². The van der Waals surface area contributed by atoms with Crippen LogP contribution in [0.2, 0.25) is 0 Å². The van der Waals surface area contributed by atoms with Crippen LogP contribution in [0.4, 0.5) is 0 Å². The molecule has 15 heavy (non-hydrogen) atoms. The van der Waals surface area contributed by atoms with Crippen LogP contribution in [0.25, 0.3) is 0 Å². The summed E-state index contributed by atoms with van der Waals surface area (Å²) in [5.41, 5.74) is 2.75.